The van der Waals surface area contributed by atoms with Crippen LogP contribution in [0.2, 0.25) is 0 Å². The van der Waals surface area contributed by atoms with Crippen molar-refractivity contribution in [3.05, 3.63) is 29.0 Å². The highest BCUT2D eigenvalue weighted by Crippen LogP contribution is 2.38. The highest BCUT2D eigenvalue weighted by Gasteiger charge is 2.32. The molecule has 0 amide bonds. The van der Waals surface area contributed by atoms with Gasteiger partial charge >= 0.3 is 0 Å². The van der Waals surface area contributed by atoms with Gasteiger partial charge in [0.25, 0.3) is 0 Å². The average Bonchev–Trinajstić information content (AvgIpc) is 3.24. The van der Waals surface area contributed by atoms with E-state index in [0.717, 1.165) is 47.7 Å². The monoisotopic (exact) mass is 315 g/mol. The number of rotatable bonds is 3. The minimum atomic E-state index is 0.139. The molecule has 0 aromatic carbocycles. The lowest BCUT2D eigenvalue weighted by molar-refractivity contribution is 0.383. The zero-order valence-corrected chi connectivity index (χ0v) is 13.4. The Bertz CT molecular complexity index is 811. The van der Waals surface area contributed by atoms with E-state index in [1.807, 2.05) is 6.92 Å². The molecule has 3 aromatic rings. The summed E-state index contributed by atoms with van der Waals surface area (Å²) < 4.78 is 5.15. The maximum atomic E-state index is 5.15. The smallest absolute Gasteiger partial charge is 0.223 e. The molecule has 1 unspecified atom stereocenters. The van der Waals surface area contributed by atoms with Crippen molar-refractivity contribution in [3.63, 3.8) is 0 Å². The van der Waals surface area contributed by atoms with Gasteiger partial charge in [0.15, 0.2) is 5.82 Å². The first-order valence-corrected chi connectivity index (χ1v) is 8.38. The van der Waals surface area contributed by atoms with Crippen LogP contribution in [0.5, 0.6) is 0 Å². The van der Waals surface area contributed by atoms with Crippen LogP contribution in [-0.4, -0.2) is 26.7 Å². The molecule has 4 heterocycles. The van der Waals surface area contributed by atoms with Gasteiger partial charge in [-0.2, -0.15) is 4.98 Å². The van der Waals surface area contributed by atoms with Gasteiger partial charge in [0.1, 0.15) is 17.0 Å². The van der Waals surface area contributed by atoms with Gasteiger partial charge in [0.2, 0.25) is 5.89 Å². The fraction of sp³-hybridized carbons (Fsp3) is 0.467. The quantitative estimate of drug-likeness (QED) is 0.739. The minimum absolute atomic E-state index is 0.139. The van der Waals surface area contributed by atoms with Gasteiger partial charge in [-0.25, -0.2) is 9.97 Å². The van der Waals surface area contributed by atoms with E-state index in [0.29, 0.717) is 5.89 Å². The van der Waals surface area contributed by atoms with E-state index in [2.05, 4.69) is 38.0 Å². The fourth-order valence-electron chi connectivity index (χ4n) is 3.04. The number of thiophene rings is 1. The molecule has 22 heavy (non-hydrogen) atoms. The Hall–Kier alpha value is -2.02. The zero-order chi connectivity index (χ0) is 15.1. The molecule has 0 radical (unpaired) electrons. The third-order valence-electron chi connectivity index (χ3n) is 4.07. The largest absolute Gasteiger partial charge is 0.346 e. The van der Waals surface area contributed by atoms with Crippen molar-refractivity contribution in [2.24, 2.45) is 0 Å². The first-order valence-electron chi connectivity index (χ1n) is 7.56. The van der Waals surface area contributed by atoms with E-state index in [-0.39, 0.29) is 6.04 Å². The molecule has 1 aliphatic heterocycles. The van der Waals surface area contributed by atoms with Gasteiger partial charge in [-0.15, -0.1) is 11.3 Å². The minimum Gasteiger partial charge on any atom is -0.346 e. The summed E-state index contributed by atoms with van der Waals surface area (Å²) in [7, 11) is 0. The summed E-state index contributed by atoms with van der Waals surface area (Å²) in [6.45, 7) is 4.95. The van der Waals surface area contributed by atoms with Gasteiger partial charge in [-0.05, 0) is 25.3 Å². The zero-order valence-electron chi connectivity index (χ0n) is 12.6. The van der Waals surface area contributed by atoms with Crippen molar-refractivity contribution in [3.8, 4) is 0 Å². The van der Waals surface area contributed by atoms with Crippen molar-refractivity contribution < 1.29 is 4.52 Å². The predicted octanol–water partition coefficient (Wildman–Crippen LogP) is 3.29. The molecule has 0 N–H and O–H groups in total. The second-order valence-electron chi connectivity index (χ2n) is 5.51. The molecule has 1 aliphatic rings. The summed E-state index contributed by atoms with van der Waals surface area (Å²) in [5.74, 6) is 2.36. The number of nitrogens with zero attached hydrogens (tertiary/aromatic N) is 5. The van der Waals surface area contributed by atoms with Crippen LogP contribution < -0.4 is 4.90 Å². The highest BCUT2D eigenvalue weighted by atomic mass is 32.1. The normalized spacial score (nSPS) is 18.5. The molecule has 6 nitrogen and oxygen atoms in total. The Balaban J connectivity index is 1.78. The molecule has 0 bridgehead atoms. The Labute approximate surface area is 132 Å². The summed E-state index contributed by atoms with van der Waals surface area (Å²) in [4.78, 5) is 18.1. The molecule has 4 rings (SSSR count). The molecule has 0 saturated carbocycles. The summed E-state index contributed by atoms with van der Waals surface area (Å²) in [5, 5.41) is 5.24. The van der Waals surface area contributed by atoms with Crippen molar-refractivity contribution >= 4 is 27.4 Å². The number of anilines is 1. The summed E-state index contributed by atoms with van der Waals surface area (Å²) in [6, 6.07) is 2.35. The van der Waals surface area contributed by atoms with E-state index in [1.54, 1.807) is 17.7 Å². The molecule has 0 spiro atoms. The molecule has 7 heteroatoms. The van der Waals surface area contributed by atoms with Crippen LogP contribution in [-0.2, 0) is 6.42 Å². The molecule has 3 aromatic heterocycles. The van der Waals surface area contributed by atoms with E-state index >= 15 is 0 Å². The lowest BCUT2D eigenvalue weighted by Crippen LogP contribution is -2.24. The average molecular weight is 315 g/mol. The molecule has 1 saturated heterocycles. The van der Waals surface area contributed by atoms with Crippen molar-refractivity contribution in [1.82, 2.24) is 20.1 Å². The summed E-state index contributed by atoms with van der Waals surface area (Å²) in [5.41, 5.74) is 0. The fourth-order valence-corrected chi connectivity index (χ4v) is 3.96. The first-order chi connectivity index (χ1) is 10.8. The number of fused-ring (bicyclic) bond motifs is 1. The first kappa shape index (κ1) is 13.6. The van der Waals surface area contributed by atoms with Gasteiger partial charge < -0.3 is 9.42 Å². The van der Waals surface area contributed by atoms with Crippen LogP contribution in [0.4, 0.5) is 5.82 Å². The number of hydrogen-bond acceptors (Lipinski definition) is 7. The lowest BCUT2D eigenvalue weighted by Gasteiger charge is -2.23. The predicted molar refractivity (Wildman–Crippen MR) is 85.1 cm³/mol. The van der Waals surface area contributed by atoms with Crippen LogP contribution in [0.1, 0.15) is 42.4 Å². The lowest BCUT2D eigenvalue weighted by atomic mass is 10.2. The second kappa shape index (κ2) is 5.31. The Morgan fingerprint density at radius 1 is 1.41 bits per heavy atom. The van der Waals surface area contributed by atoms with Crippen molar-refractivity contribution in [2.75, 3.05) is 11.4 Å². The number of hydrogen-bond donors (Lipinski definition) is 0. The maximum Gasteiger partial charge on any atom is 0.223 e. The van der Waals surface area contributed by atoms with E-state index in [1.165, 1.54) is 4.88 Å². The molecule has 1 atom stereocenters. The third-order valence-corrected chi connectivity index (χ3v) is 5.26. The number of aromatic nitrogens is 4. The van der Waals surface area contributed by atoms with Crippen LogP contribution in [0.25, 0.3) is 10.2 Å². The standard InChI is InChI=1S/C15H17N5OS/c1-3-10-7-11-14(16-8-17-15(11)22-10)20-6-4-5-12(20)13-18-9(2)21-19-13/h7-8,12H,3-6H2,1-2H3. The topological polar surface area (TPSA) is 67.9 Å². The number of aryl methyl sites for hydroxylation is 2. The second-order valence-corrected chi connectivity index (χ2v) is 6.62. The Morgan fingerprint density at radius 3 is 3.09 bits per heavy atom. The summed E-state index contributed by atoms with van der Waals surface area (Å²) in [6.07, 6.45) is 4.81. The Morgan fingerprint density at radius 2 is 2.32 bits per heavy atom. The van der Waals surface area contributed by atoms with Crippen LogP contribution in [0, 0.1) is 6.92 Å². The van der Waals surface area contributed by atoms with Gasteiger partial charge in [0.05, 0.1) is 11.4 Å². The van der Waals surface area contributed by atoms with Crippen LogP contribution in [0.3, 0.4) is 0 Å². The molecule has 114 valence electrons. The van der Waals surface area contributed by atoms with Gasteiger partial charge in [-0.1, -0.05) is 12.1 Å². The third kappa shape index (κ3) is 2.16. The maximum absolute atomic E-state index is 5.15. The Kier molecular flexibility index (Phi) is 3.29. The highest BCUT2D eigenvalue weighted by molar-refractivity contribution is 7.18. The molecular weight excluding hydrogens is 298 g/mol. The summed E-state index contributed by atoms with van der Waals surface area (Å²) >= 11 is 1.74. The van der Waals surface area contributed by atoms with Crippen LogP contribution in [0.15, 0.2) is 16.9 Å². The van der Waals surface area contributed by atoms with Gasteiger partial charge in [-0.3, -0.25) is 0 Å². The van der Waals surface area contributed by atoms with Gasteiger partial charge in [0, 0.05) is 18.3 Å². The van der Waals surface area contributed by atoms with Crippen molar-refractivity contribution in [1.29, 1.82) is 0 Å². The molecular formula is C15H17N5OS. The van der Waals surface area contributed by atoms with E-state index in [9.17, 15) is 0 Å². The van der Waals surface area contributed by atoms with E-state index < -0.39 is 0 Å². The molecule has 1 fully saturated rings. The molecule has 0 aliphatic carbocycles. The van der Waals surface area contributed by atoms with E-state index in [4.69, 9.17) is 4.52 Å². The SMILES string of the molecule is CCc1cc2c(N3CCCC3c3noc(C)n3)ncnc2s1. The van der Waals surface area contributed by atoms with Crippen molar-refractivity contribution in [2.45, 2.75) is 39.2 Å². The van der Waals surface area contributed by atoms with Crippen LogP contribution >= 0.6 is 11.3 Å².